The van der Waals surface area contributed by atoms with E-state index in [1.165, 1.54) is 51.1 Å². The van der Waals surface area contributed by atoms with Crippen LogP contribution in [0.2, 0.25) is 0 Å². The van der Waals surface area contributed by atoms with Crippen LogP contribution in [0, 0.1) is 11.7 Å². The quantitative estimate of drug-likeness (QED) is 0.917. The molecule has 1 N–H and O–H groups in total. The second kappa shape index (κ2) is 6.71. The number of anilines is 1. The molecule has 130 valence electrons. The summed E-state index contributed by atoms with van der Waals surface area (Å²) >= 11 is 0. The number of amides is 2. The molecule has 0 radical (unpaired) electrons. The molecule has 2 unspecified atom stereocenters. The van der Waals surface area contributed by atoms with Crippen LogP contribution < -0.4 is 5.32 Å². The molecule has 2 saturated heterocycles. The van der Waals surface area contributed by atoms with Crippen LogP contribution in [0.1, 0.15) is 38.5 Å². The second-order valence-corrected chi connectivity index (χ2v) is 7.55. The van der Waals surface area contributed by atoms with E-state index in [1.807, 2.05) is 4.90 Å². The zero-order chi connectivity index (χ0) is 16.5. The Hall–Kier alpha value is -1.62. The monoisotopic (exact) mass is 331 g/mol. The number of hydrogen-bond acceptors (Lipinski definition) is 2. The number of fused-ring (bicyclic) bond motifs is 2. The van der Waals surface area contributed by atoms with Gasteiger partial charge in [-0.3, -0.25) is 4.90 Å². The minimum Gasteiger partial charge on any atom is -0.321 e. The third-order valence-corrected chi connectivity index (χ3v) is 5.98. The second-order valence-electron chi connectivity index (χ2n) is 7.55. The molecule has 3 fully saturated rings. The molecule has 0 spiro atoms. The molecule has 4 rings (SSSR count). The highest BCUT2D eigenvalue weighted by Crippen LogP contribution is 2.34. The normalized spacial score (nSPS) is 27.6. The Morgan fingerprint density at radius 3 is 2.42 bits per heavy atom. The Bertz CT molecular complexity index is 588. The van der Waals surface area contributed by atoms with Crippen molar-refractivity contribution in [3.05, 3.63) is 30.1 Å². The smallest absolute Gasteiger partial charge is 0.321 e. The first kappa shape index (κ1) is 15.9. The van der Waals surface area contributed by atoms with Crippen molar-refractivity contribution in [2.24, 2.45) is 5.92 Å². The summed E-state index contributed by atoms with van der Waals surface area (Å²) in [5.41, 5.74) is 0.267. The van der Waals surface area contributed by atoms with Crippen molar-refractivity contribution in [3.8, 4) is 0 Å². The summed E-state index contributed by atoms with van der Waals surface area (Å²) in [4.78, 5) is 17.1. The van der Waals surface area contributed by atoms with E-state index in [-0.39, 0.29) is 17.5 Å². The maximum Gasteiger partial charge on any atom is 0.322 e. The maximum atomic E-state index is 13.7. The molecule has 1 saturated carbocycles. The molecule has 2 atom stereocenters. The van der Waals surface area contributed by atoms with Crippen LogP contribution in [0.5, 0.6) is 0 Å². The van der Waals surface area contributed by atoms with Crippen LogP contribution >= 0.6 is 0 Å². The number of piperazine rings is 1. The molecular weight excluding hydrogens is 305 g/mol. The van der Waals surface area contributed by atoms with Crippen molar-refractivity contribution in [1.82, 2.24) is 9.80 Å². The van der Waals surface area contributed by atoms with Gasteiger partial charge in [-0.25, -0.2) is 9.18 Å². The van der Waals surface area contributed by atoms with Gasteiger partial charge in [0.1, 0.15) is 5.82 Å². The number of urea groups is 1. The molecule has 4 nitrogen and oxygen atoms in total. The van der Waals surface area contributed by atoms with Crippen LogP contribution in [0.15, 0.2) is 24.3 Å². The van der Waals surface area contributed by atoms with E-state index in [4.69, 9.17) is 0 Å². The largest absolute Gasteiger partial charge is 0.322 e. The number of benzene rings is 1. The van der Waals surface area contributed by atoms with Gasteiger partial charge in [-0.1, -0.05) is 25.0 Å². The van der Waals surface area contributed by atoms with Crippen LogP contribution in [0.25, 0.3) is 0 Å². The highest BCUT2D eigenvalue weighted by molar-refractivity contribution is 5.89. The van der Waals surface area contributed by atoms with Gasteiger partial charge >= 0.3 is 6.03 Å². The lowest BCUT2D eigenvalue weighted by molar-refractivity contribution is 0.0740. The summed E-state index contributed by atoms with van der Waals surface area (Å²) in [6.45, 7) is 2.74. The average molecular weight is 331 g/mol. The molecule has 0 aromatic heterocycles. The average Bonchev–Trinajstić information content (AvgIpc) is 3.16. The van der Waals surface area contributed by atoms with E-state index in [1.54, 1.807) is 18.2 Å². The summed E-state index contributed by atoms with van der Waals surface area (Å²) in [5, 5.41) is 2.73. The van der Waals surface area contributed by atoms with Crippen molar-refractivity contribution in [1.29, 1.82) is 0 Å². The van der Waals surface area contributed by atoms with Crippen molar-refractivity contribution >= 4 is 11.7 Å². The van der Waals surface area contributed by atoms with Crippen molar-refractivity contribution in [2.75, 3.05) is 25.0 Å². The molecule has 24 heavy (non-hydrogen) atoms. The fourth-order valence-corrected chi connectivity index (χ4v) is 4.70. The number of nitrogens with zero attached hydrogens (tertiary/aromatic N) is 2. The first-order chi connectivity index (χ1) is 11.7. The first-order valence-electron chi connectivity index (χ1n) is 9.27. The summed E-state index contributed by atoms with van der Waals surface area (Å²) in [5.74, 6) is 0.473. The summed E-state index contributed by atoms with van der Waals surface area (Å²) in [6.07, 6.45) is 7.86. The zero-order valence-electron chi connectivity index (χ0n) is 14.1. The van der Waals surface area contributed by atoms with E-state index in [0.717, 1.165) is 19.0 Å². The van der Waals surface area contributed by atoms with E-state index >= 15 is 0 Å². The molecule has 1 aromatic carbocycles. The van der Waals surface area contributed by atoms with E-state index in [2.05, 4.69) is 10.2 Å². The van der Waals surface area contributed by atoms with Gasteiger partial charge in [0, 0.05) is 31.7 Å². The molecule has 1 aromatic rings. The SMILES string of the molecule is O=C(Nc1ccccc1F)N1CC2CCC(C1)N2CC1CCCC1. The Balaban J connectivity index is 1.37. The summed E-state index contributed by atoms with van der Waals surface area (Å²) in [6, 6.07) is 7.15. The Labute approximate surface area is 143 Å². The number of hydrogen-bond donors (Lipinski definition) is 1. The van der Waals surface area contributed by atoms with Gasteiger partial charge < -0.3 is 10.2 Å². The number of carbonyl (C=O) groups is 1. The third kappa shape index (κ3) is 3.14. The van der Waals surface area contributed by atoms with Crippen LogP contribution in [0.4, 0.5) is 14.9 Å². The van der Waals surface area contributed by atoms with Gasteiger partial charge in [0.25, 0.3) is 0 Å². The van der Waals surface area contributed by atoms with Gasteiger partial charge in [0.05, 0.1) is 5.69 Å². The lowest BCUT2D eigenvalue weighted by Gasteiger charge is -2.42. The van der Waals surface area contributed by atoms with Gasteiger partial charge in [-0.2, -0.15) is 0 Å². The molecule has 2 amide bonds. The van der Waals surface area contributed by atoms with E-state index < -0.39 is 0 Å². The number of rotatable bonds is 3. The number of likely N-dealkylation sites (tertiary alicyclic amines) is 1. The molecule has 2 aliphatic heterocycles. The maximum absolute atomic E-state index is 13.7. The van der Waals surface area contributed by atoms with Crippen molar-refractivity contribution in [3.63, 3.8) is 0 Å². The van der Waals surface area contributed by atoms with Crippen LogP contribution in [-0.2, 0) is 0 Å². The van der Waals surface area contributed by atoms with Gasteiger partial charge in [0.2, 0.25) is 0 Å². The zero-order valence-corrected chi connectivity index (χ0v) is 14.1. The Kier molecular flexibility index (Phi) is 4.44. The number of halogens is 1. The van der Waals surface area contributed by atoms with Crippen LogP contribution in [0.3, 0.4) is 0 Å². The Morgan fingerprint density at radius 1 is 1.08 bits per heavy atom. The van der Waals surface area contributed by atoms with Crippen molar-refractivity contribution < 1.29 is 9.18 Å². The minimum atomic E-state index is -0.381. The predicted octanol–water partition coefficient (Wildman–Crippen LogP) is 3.70. The predicted molar refractivity (Wildman–Crippen MR) is 92.5 cm³/mol. The van der Waals surface area contributed by atoms with Gasteiger partial charge in [-0.05, 0) is 43.7 Å². The van der Waals surface area contributed by atoms with E-state index in [9.17, 15) is 9.18 Å². The highest BCUT2D eigenvalue weighted by Gasteiger charge is 2.42. The summed E-state index contributed by atoms with van der Waals surface area (Å²) < 4.78 is 13.7. The molecule has 2 bridgehead atoms. The topological polar surface area (TPSA) is 35.6 Å². The molecule has 5 heteroatoms. The van der Waals surface area contributed by atoms with Crippen LogP contribution in [-0.4, -0.2) is 47.5 Å². The van der Waals surface area contributed by atoms with Gasteiger partial charge in [0.15, 0.2) is 0 Å². The third-order valence-electron chi connectivity index (χ3n) is 5.98. The van der Waals surface area contributed by atoms with E-state index in [0.29, 0.717) is 12.1 Å². The lowest BCUT2D eigenvalue weighted by atomic mass is 10.1. The minimum absolute atomic E-state index is 0.169. The fourth-order valence-electron chi connectivity index (χ4n) is 4.70. The number of carbonyl (C=O) groups excluding carboxylic acids is 1. The van der Waals surface area contributed by atoms with Crippen molar-refractivity contribution in [2.45, 2.75) is 50.6 Å². The number of para-hydroxylation sites is 1. The molecule has 1 aliphatic carbocycles. The summed E-state index contributed by atoms with van der Waals surface area (Å²) in [7, 11) is 0. The number of nitrogens with one attached hydrogen (secondary N) is 1. The highest BCUT2D eigenvalue weighted by atomic mass is 19.1. The standard InChI is InChI=1S/C19H26FN3O/c20-17-7-3-4-8-18(17)21-19(24)22-12-15-9-10-16(13-22)23(15)11-14-5-1-2-6-14/h3-4,7-8,14-16H,1-2,5-6,9-13H2,(H,21,24). The molecular formula is C19H26FN3O. The van der Waals surface area contributed by atoms with Gasteiger partial charge in [-0.15, -0.1) is 0 Å². The molecule has 3 aliphatic rings. The first-order valence-corrected chi connectivity index (χ1v) is 9.27. The molecule has 2 heterocycles. The fraction of sp³-hybridized carbons (Fsp3) is 0.632. The lowest BCUT2D eigenvalue weighted by Crippen LogP contribution is -2.56. The Morgan fingerprint density at radius 2 is 1.75 bits per heavy atom.